The Balaban J connectivity index is 1.60. The number of aliphatic hydroxyl groups is 1. The molecular formula is C34H30N2O7S. The third-order valence-electron chi connectivity index (χ3n) is 6.81. The molecule has 0 radical (unpaired) electrons. The maximum atomic E-state index is 13.7. The van der Waals surface area contributed by atoms with E-state index in [1.54, 1.807) is 55.5 Å². The number of anilines is 1. The summed E-state index contributed by atoms with van der Waals surface area (Å²) in [5, 5.41) is 11.6. The van der Waals surface area contributed by atoms with E-state index < -0.39 is 23.7 Å². The van der Waals surface area contributed by atoms with Crippen molar-refractivity contribution in [1.29, 1.82) is 0 Å². The molecule has 1 atom stereocenters. The van der Waals surface area contributed by atoms with Gasteiger partial charge in [0.2, 0.25) is 0 Å². The number of Topliss-reactive ketones (excluding diaryl/α,β-unsaturated/α-hetero) is 1. The van der Waals surface area contributed by atoms with Crippen molar-refractivity contribution in [2.45, 2.75) is 26.5 Å². The topological polar surface area (TPSA) is 115 Å². The maximum absolute atomic E-state index is 13.7. The molecule has 1 amide bonds. The molecule has 1 aliphatic heterocycles. The van der Waals surface area contributed by atoms with E-state index in [9.17, 15) is 19.5 Å². The van der Waals surface area contributed by atoms with Gasteiger partial charge in [-0.3, -0.25) is 14.5 Å². The summed E-state index contributed by atoms with van der Waals surface area (Å²) in [5.41, 5.74) is 2.02. The number of hydrogen-bond acceptors (Lipinski definition) is 9. The molecule has 0 saturated carbocycles. The molecule has 9 nitrogen and oxygen atoms in total. The second-order valence-corrected chi connectivity index (χ2v) is 10.7. The van der Waals surface area contributed by atoms with Gasteiger partial charge in [-0.25, -0.2) is 9.78 Å². The van der Waals surface area contributed by atoms with Gasteiger partial charge >= 0.3 is 11.9 Å². The first kappa shape index (κ1) is 30.2. The summed E-state index contributed by atoms with van der Waals surface area (Å²) in [6.45, 7) is 7.81. The Labute approximate surface area is 258 Å². The fourth-order valence-corrected chi connectivity index (χ4v) is 5.75. The summed E-state index contributed by atoms with van der Waals surface area (Å²) in [5.74, 6) is -1.66. The lowest BCUT2D eigenvalue weighted by molar-refractivity contribution is -0.132. The zero-order valence-electron chi connectivity index (χ0n) is 24.2. The molecule has 0 spiro atoms. The predicted octanol–water partition coefficient (Wildman–Crippen LogP) is 6.40. The van der Waals surface area contributed by atoms with Crippen LogP contribution in [0.2, 0.25) is 0 Å². The number of nitrogens with zero attached hydrogens (tertiary/aromatic N) is 2. The van der Waals surface area contributed by atoms with Crippen molar-refractivity contribution in [3.05, 3.63) is 124 Å². The lowest BCUT2D eigenvalue weighted by Crippen LogP contribution is -2.29. The zero-order valence-corrected chi connectivity index (χ0v) is 25.0. The van der Waals surface area contributed by atoms with Crippen molar-refractivity contribution in [3.63, 3.8) is 0 Å². The molecule has 224 valence electrons. The molecule has 5 rings (SSSR count). The highest BCUT2D eigenvalue weighted by molar-refractivity contribution is 7.17. The minimum Gasteiger partial charge on any atom is -0.507 e. The number of amides is 1. The van der Waals surface area contributed by atoms with Crippen LogP contribution in [-0.4, -0.2) is 41.0 Å². The minimum atomic E-state index is -1.07. The van der Waals surface area contributed by atoms with Gasteiger partial charge in [-0.1, -0.05) is 66.5 Å². The number of esters is 1. The Kier molecular flexibility index (Phi) is 9.20. The normalized spacial score (nSPS) is 15.7. The Morgan fingerprint density at radius 1 is 1.02 bits per heavy atom. The van der Waals surface area contributed by atoms with Crippen LogP contribution in [0.25, 0.3) is 5.76 Å². The minimum absolute atomic E-state index is 0.00782. The molecule has 0 bridgehead atoms. The summed E-state index contributed by atoms with van der Waals surface area (Å²) in [6.07, 6.45) is 1.45. The van der Waals surface area contributed by atoms with Gasteiger partial charge in [0.25, 0.3) is 5.78 Å². The Morgan fingerprint density at radius 2 is 1.77 bits per heavy atom. The predicted molar refractivity (Wildman–Crippen MR) is 167 cm³/mol. The van der Waals surface area contributed by atoms with Gasteiger partial charge in [0.1, 0.15) is 35.3 Å². The average molecular weight is 611 g/mol. The molecule has 4 aromatic rings. The number of hydrogen-bond donors (Lipinski definition) is 1. The number of carbonyl (C=O) groups excluding carboxylic acids is 3. The summed E-state index contributed by atoms with van der Waals surface area (Å²) in [4.78, 5) is 45.8. The molecule has 0 aliphatic carbocycles. The van der Waals surface area contributed by atoms with Gasteiger partial charge in [-0.2, -0.15) is 0 Å². The number of thiazole rings is 1. The first-order chi connectivity index (χ1) is 21.3. The highest BCUT2D eigenvalue weighted by Crippen LogP contribution is 2.44. The lowest BCUT2D eigenvalue weighted by Gasteiger charge is -2.23. The number of aliphatic hydroxyl groups excluding tert-OH is 1. The van der Waals surface area contributed by atoms with E-state index >= 15 is 0 Å². The number of ketones is 1. The molecule has 1 N–H and O–H groups in total. The van der Waals surface area contributed by atoms with E-state index in [1.165, 1.54) is 11.0 Å². The summed E-state index contributed by atoms with van der Waals surface area (Å²) >= 11 is 0.929. The van der Waals surface area contributed by atoms with Crippen LogP contribution in [-0.2, 0) is 20.9 Å². The average Bonchev–Trinajstić information content (AvgIpc) is 3.55. The highest BCUT2D eigenvalue weighted by atomic mass is 32.1. The van der Waals surface area contributed by atoms with Gasteiger partial charge in [-0.15, -0.1) is 0 Å². The quantitative estimate of drug-likeness (QED) is 0.0682. The monoisotopic (exact) mass is 610 g/mol. The largest absolute Gasteiger partial charge is 0.507 e. The Morgan fingerprint density at radius 3 is 2.48 bits per heavy atom. The van der Waals surface area contributed by atoms with Gasteiger partial charge in [0.15, 0.2) is 5.13 Å². The van der Waals surface area contributed by atoms with Crippen LogP contribution in [0.1, 0.15) is 45.0 Å². The van der Waals surface area contributed by atoms with E-state index in [1.807, 2.05) is 37.3 Å². The molecular weight excluding hydrogens is 580 g/mol. The zero-order chi connectivity index (χ0) is 31.2. The van der Waals surface area contributed by atoms with Gasteiger partial charge in [0, 0.05) is 5.56 Å². The fraction of sp³-hybridized carbons (Fsp3) is 0.176. The number of rotatable bonds is 11. The maximum Gasteiger partial charge on any atom is 0.350 e. The second kappa shape index (κ2) is 13.4. The number of carbonyl (C=O) groups is 3. The molecule has 2 heterocycles. The van der Waals surface area contributed by atoms with Crippen LogP contribution >= 0.6 is 11.3 Å². The second-order valence-electron chi connectivity index (χ2n) is 9.77. The van der Waals surface area contributed by atoms with Crippen molar-refractivity contribution < 1.29 is 33.7 Å². The third kappa shape index (κ3) is 6.25. The standard InChI is InChI=1S/C34H30N2O7S/c1-4-18-42-33(40)31-21(3)35-34(44-31)36-28(24-12-9-13-26(19-24)43-20-22-10-7-6-8-11-22)27(30(38)32(36)39)29(37)23-14-16-25(17-15-23)41-5-2/h4,6-17,19,28,37H,1,5,18,20H2,2-3H3. The van der Waals surface area contributed by atoms with Crippen LogP contribution in [0.4, 0.5) is 5.13 Å². The molecule has 1 aliphatic rings. The first-order valence-corrected chi connectivity index (χ1v) is 14.7. The van der Waals surface area contributed by atoms with Crippen LogP contribution < -0.4 is 14.4 Å². The van der Waals surface area contributed by atoms with Crippen molar-refractivity contribution in [2.75, 3.05) is 18.1 Å². The molecule has 1 aromatic heterocycles. The number of ether oxygens (including phenoxy) is 3. The van der Waals surface area contributed by atoms with Crippen LogP contribution in [0.3, 0.4) is 0 Å². The van der Waals surface area contributed by atoms with E-state index in [4.69, 9.17) is 14.2 Å². The highest BCUT2D eigenvalue weighted by Gasteiger charge is 2.48. The summed E-state index contributed by atoms with van der Waals surface area (Å²) in [7, 11) is 0. The smallest absolute Gasteiger partial charge is 0.350 e. The van der Waals surface area contributed by atoms with Crippen LogP contribution in [0.5, 0.6) is 11.5 Å². The van der Waals surface area contributed by atoms with E-state index in [0.717, 1.165) is 16.9 Å². The van der Waals surface area contributed by atoms with Crippen LogP contribution in [0.15, 0.2) is 97.1 Å². The van der Waals surface area contributed by atoms with Crippen molar-refractivity contribution in [1.82, 2.24) is 4.98 Å². The Bertz CT molecular complexity index is 1730. The fourth-order valence-electron chi connectivity index (χ4n) is 4.77. The van der Waals surface area contributed by atoms with Crippen molar-refractivity contribution >= 4 is 39.9 Å². The molecule has 1 saturated heterocycles. The van der Waals surface area contributed by atoms with Crippen molar-refractivity contribution in [2.24, 2.45) is 0 Å². The van der Waals surface area contributed by atoms with E-state index in [-0.39, 0.29) is 27.9 Å². The van der Waals surface area contributed by atoms with Gasteiger partial charge in [-0.05, 0) is 61.4 Å². The SMILES string of the molecule is C=CCOC(=O)c1sc(N2C(=O)C(=O)C(=C(O)c3ccc(OCC)cc3)C2c2cccc(OCc3ccccc3)c2)nc1C. The van der Waals surface area contributed by atoms with E-state index in [2.05, 4.69) is 11.6 Å². The van der Waals surface area contributed by atoms with E-state index in [0.29, 0.717) is 41.5 Å². The molecule has 1 fully saturated rings. The van der Waals surface area contributed by atoms with Crippen LogP contribution in [0, 0.1) is 6.92 Å². The third-order valence-corrected chi connectivity index (χ3v) is 7.95. The first-order valence-electron chi connectivity index (χ1n) is 13.9. The number of aromatic nitrogens is 1. The van der Waals surface area contributed by atoms with Gasteiger partial charge < -0.3 is 19.3 Å². The molecule has 3 aromatic carbocycles. The molecule has 1 unspecified atom stereocenters. The molecule has 44 heavy (non-hydrogen) atoms. The summed E-state index contributed by atoms with van der Waals surface area (Å²) < 4.78 is 16.7. The van der Waals surface area contributed by atoms with Gasteiger partial charge in [0.05, 0.1) is 23.9 Å². The number of benzene rings is 3. The lowest BCUT2D eigenvalue weighted by atomic mass is 9.95. The number of aryl methyl sites for hydroxylation is 1. The molecule has 10 heteroatoms. The van der Waals surface area contributed by atoms with Crippen molar-refractivity contribution in [3.8, 4) is 11.5 Å². The Hall–Kier alpha value is -5.22. The summed E-state index contributed by atoms with van der Waals surface area (Å²) in [6, 6.07) is 22.1.